The monoisotopic (exact) mass is 1160 g/mol. The second-order valence-corrected chi connectivity index (χ2v) is 25.0. The van der Waals surface area contributed by atoms with Crippen molar-refractivity contribution in [1.82, 2.24) is 0 Å². The summed E-state index contributed by atoms with van der Waals surface area (Å²) in [5, 5.41) is 0. The molecule has 0 heterocycles. The molecule has 0 N–H and O–H groups in total. The van der Waals surface area contributed by atoms with Gasteiger partial charge in [-0.15, -0.1) is 0 Å². The summed E-state index contributed by atoms with van der Waals surface area (Å²) >= 11 is 0. The summed E-state index contributed by atoms with van der Waals surface area (Å²) in [6.45, 7) is 13.9. The van der Waals surface area contributed by atoms with E-state index in [2.05, 4.69) is 102 Å². The molecule has 0 amide bonds. The van der Waals surface area contributed by atoms with Crippen LogP contribution in [0.15, 0.2) is 58.5 Å². The first-order valence-corrected chi connectivity index (χ1v) is 36.2. The maximum atomic E-state index is 5.50. The van der Waals surface area contributed by atoms with E-state index in [1.165, 1.54) is 324 Å². The first kappa shape index (κ1) is 76.6. The quantitative estimate of drug-likeness (QED) is 0.0273. The predicted octanol–water partition coefficient (Wildman–Crippen LogP) is 26.9. The van der Waals surface area contributed by atoms with E-state index >= 15 is 0 Å². The number of hydrogen-bond donors (Lipinski definition) is 0. The van der Waals surface area contributed by atoms with Crippen LogP contribution in [0.25, 0.3) is 0 Å². The third-order valence-electron chi connectivity index (χ3n) is 17.2. The fraction of sp³-hybridized carbons (Fsp3) is 0.769. The Morgan fingerprint density at radius 1 is 0.321 bits per heavy atom. The fourth-order valence-corrected chi connectivity index (χ4v) is 11.7. The van der Waals surface area contributed by atoms with E-state index in [1.807, 2.05) is 0 Å². The molecule has 2 aromatic carbocycles. The molecule has 0 unspecified atom stereocenters. The number of unbranched alkanes of at least 4 members (excludes halogenated alkanes) is 44. The number of hydrogen-bond acceptors (Lipinski definition) is 2. The second-order valence-electron chi connectivity index (χ2n) is 25.0. The molecule has 2 rings (SSSR count). The zero-order valence-electron chi connectivity index (χ0n) is 55.0. The minimum absolute atomic E-state index is 0. The van der Waals surface area contributed by atoms with Crippen LogP contribution in [0.2, 0.25) is 0 Å². The molecule has 0 aromatic heterocycles. The molecule has 0 saturated carbocycles. The number of benzene rings is 2. The Labute approximate surface area is 517 Å². The molecule has 0 aliphatic heterocycles. The summed E-state index contributed by atoms with van der Waals surface area (Å²) < 4.78 is 0. The van der Waals surface area contributed by atoms with E-state index in [0.29, 0.717) is 0 Å². The average Bonchev–Trinajstić information content (AvgIpc) is 3.50. The van der Waals surface area contributed by atoms with Crippen molar-refractivity contribution < 1.29 is 16.5 Å². The van der Waals surface area contributed by atoms with Gasteiger partial charge in [0, 0.05) is 22.9 Å². The van der Waals surface area contributed by atoms with Gasteiger partial charge in [0.25, 0.3) is 0 Å². The van der Waals surface area contributed by atoms with Crippen molar-refractivity contribution in [3.63, 3.8) is 0 Å². The van der Waals surface area contributed by atoms with E-state index < -0.39 is 0 Å². The molecule has 81 heavy (non-hydrogen) atoms. The molecule has 3 heteroatoms. The maximum absolute atomic E-state index is 5.50. The van der Waals surface area contributed by atoms with Crippen molar-refractivity contribution in [3.8, 4) is 11.8 Å². The zero-order valence-corrected chi connectivity index (χ0v) is 56.0. The van der Waals surface area contributed by atoms with Crippen molar-refractivity contribution in [1.29, 1.82) is 0 Å². The second kappa shape index (κ2) is 59.3. The topological polar surface area (TPSA) is 24.7 Å². The molecule has 0 aliphatic rings. The summed E-state index contributed by atoms with van der Waals surface area (Å²) in [6, 6.07) is 14.0. The minimum atomic E-state index is 0. The molecule has 2 nitrogen and oxygen atoms in total. The van der Waals surface area contributed by atoms with Crippen LogP contribution in [-0.4, -0.2) is 11.4 Å². The van der Waals surface area contributed by atoms with E-state index in [1.54, 1.807) is 0 Å². The average molecular weight is 1160 g/mol. The third-order valence-corrected chi connectivity index (χ3v) is 17.2. The Bertz CT molecular complexity index is 1840. The minimum Gasteiger partial charge on any atom is -0.246 e. The zero-order chi connectivity index (χ0) is 57.3. The largest absolute Gasteiger partial charge is 0.246 e. The van der Waals surface area contributed by atoms with Gasteiger partial charge in [-0.1, -0.05) is 335 Å². The summed E-state index contributed by atoms with van der Waals surface area (Å²) in [5.41, 5.74) is 9.74. The van der Waals surface area contributed by atoms with E-state index in [4.69, 9.17) is 9.98 Å². The van der Waals surface area contributed by atoms with E-state index in [-0.39, 0.29) is 16.5 Å². The van der Waals surface area contributed by atoms with Crippen molar-refractivity contribution >= 4 is 22.8 Å². The number of aliphatic imine (C=N–C) groups is 2. The van der Waals surface area contributed by atoms with Crippen LogP contribution < -0.4 is 0 Å². The van der Waals surface area contributed by atoms with Gasteiger partial charge in [-0.25, -0.2) is 9.98 Å². The van der Waals surface area contributed by atoms with Crippen LogP contribution in [-0.2, 0) is 42.2 Å². The van der Waals surface area contributed by atoms with Gasteiger partial charge in [-0.05, 0) is 129 Å². The standard InChI is InChI=1S/C78H134N2.Ni/c1-7-13-19-21-23-25-27-29-31-33-35-37-38-40-42-44-46-48-50-52-54-56-58-64-78(80-76-68-66-72(60-16-10-4)74(70-76)62-18-12-6)77(79-75-67-65-71(59-15-9-3)73(69-75)61-17-11-5)63-57-55-53-51-49-47-45-43-41-39-36-34-32-30-28-26-24-22-20-14-8-2;/h57,63,65-70H,7-56,59-62H2,1-6H3;. The number of rotatable bonds is 57. The SMILES string of the molecule is CCCCCCCCCCCCCCCCCCCCCC=CC(=Nc1ccc(CCCC)c(CCCC)c1)C(C#CCCCCCCCCCCCCCCCCCCCCCCC)=Nc1ccc(CCCC)c(CCCC)c1.[Ni]. The van der Waals surface area contributed by atoms with Gasteiger partial charge in [0.05, 0.1) is 17.1 Å². The Hall–Kier alpha value is -2.43. The van der Waals surface area contributed by atoms with Crippen LogP contribution in [0.1, 0.15) is 385 Å². The van der Waals surface area contributed by atoms with Crippen molar-refractivity contribution in [2.75, 3.05) is 0 Å². The Morgan fingerprint density at radius 2 is 0.605 bits per heavy atom. The predicted molar refractivity (Wildman–Crippen MR) is 364 cm³/mol. The van der Waals surface area contributed by atoms with Crippen molar-refractivity contribution in [2.24, 2.45) is 9.98 Å². The number of allylic oxidation sites excluding steroid dienone is 2. The summed E-state index contributed by atoms with van der Waals surface area (Å²) in [6.07, 6.45) is 77.4. The van der Waals surface area contributed by atoms with Crippen LogP contribution in [0.4, 0.5) is 11.4 Å². The molecule has 0 bridgehead atoms. The number of aryl methyl sites for hydroxylation is 4. The van der Waals surface area contributed by atoms with E-state index in [9.17, 15) is 0 Å². The fourth-order valence-electron chi connectivity index (χ4n) is 11.7. The van der Waals surface area contributed by atoms with Gasteiger partial charge in [0.1, 0.15) is 5.71 Å². The van der Waals surface area contributed by atoms with E-state index in [0.717, 1.165) is 67.7 Å². The Morgan fingerprint density at radius 3 is 0.938 bits per heavy atom. The van der Waals surface area contributed by atoms with Crippen molar-refractivity contribution in [2.45, 2.75) is 388 Å². The molecule has 0 aliphatic carbocycles. The Balaban J connectivity index is 0.0000328. The summed E-state index contributed by atoms with van der Waals surface area (Å²) in [4.78, 5) is 11.0. The van der Waals surface area contributed by atoms with Crippen molar-refractivity contribution in [3.05, 3.63) is 70.8 Å². The first-order valence-electron chi connectivity index (χ1n) is 36.2. The molecule has 0 saturated heterocycles. The third kappa shape index (κ3) is 44.7. The van der Waals surface area contributed by atoms with Crippen LogP contribution >= 0.6 is 0 Å². The Kier molecular flexibility index (Phi) is 56.1. The molecular weight excluding hydrogens is 1020 g/mol. The van der Waals surface area contributed by atoms with Crippen LogP contribution in [0.5, 0.6) is 0 Å². The molecule has 2 aromatic rings. The number of nitrogens with zero attached hydrogens (tertiary/aromatic N) is 2. The van der Waals surface area contributed by atoms with Crippen LogP contribution in [0.3, 0.4) is 0 Å². The van der Waals surface area contributed by atoms with Gasteiger partial charge in [0.2, 0.25) is 0 Å². The smallest absolute Gasteiger partial charge is 0.139 e. The normalized spacial score (nSPS) is 11.9. The van der Waals surface area contributed by atoms with Gasteiger partial charge < -0.3 is 0 Å². The molecule has 466 valence electrons. The van der Waals surface area contributed by atoms with Crippen LogP contribution in [0, 0.1) is 11.8 Å². The van der Waals surface area contributed by atoms with Gasteiger partial charge in [-0.2, -0.15) is 0 Å². The molecule has 0 atom stereocenters. The molecular formula is C78H134N2Ni. The molecule has 0 fully saturated rings. The first-order chi connectivity index (χ1) is 39.6. The summed E-state index contributed by atoms with van der Waals surface area (Å²) in [7, 11) is 0. The summed E-state index contributed by atoms with van der Waals surface area (Å²) in [5.74, 6) is 7.34. The van der Waals surface area contributed by atoms with Gasteiger partial charge in [0.15, 0.2) is 0 Å². The van der Waals surface area contributed by atoms with Gasteiger partial charge >= 0.3 is 0 Å². The molecule has 0 radical (unpaired) electrons. The maximum Gasteiger partial charge on any atom is 0.139 e. The van der Waals surface area contributed by atoms with Gasteiger partial charge in [-0.3, -0.25) is 0 Å². The molecule has 0 spiro atoms.